The number of rotatable bonds is 8. The molecule has 0 unspecified atom stereocenters. The van der Waals surface area contributed by atoms with Gasteiger partial charge in [0, 0.05) is 18.7 Å². The normalized spacial score (nSPS) is 11.7. The van der Waals surface area contributed by atoms with Crippen LogP contribution in [0.1, 0.15) is 31.0 Å². The summed E-state index contributed by atoms with van der Waals surface area (Å²) < 4.78 is 27.5. The van der Waals surface area contributed by atoms with Gasteiger partial charge in [0.25, 0.3) is 6.43 Å². The second-order valence-corrected chi connectivity index (χ2v) is 4.56. The summed E-state index contributed by atoms with van der Waals surface area (Å²) in [7, 11) is 3.82. The van der Waals surface area contributed by atoms with Gasteiger partial charge in [-0.1, -0.05) is 6.92 Å². The monoisotopic (exact) mass is 260 g/mol. The molecule has 0 bridgehead atoms. The van der Waals surface area contributed by atoms with Crippen LogP contribution in [0.2, 0.25) is 0 Å². The van der Waals surface area contributed by atoms with Crippen molar-refractivity contribution in [2.45, 2.75) is 32.9 Å². The van der Waals surface area contributed by atoms with Crippen LogP contribution < -0.4 is 5.32 Å². The highest BCUT2D eigenvalue weighted by Gasteiger charge is 2.19. The SMILES string of the molecule is CCCNCc1cnn(CCN(C)C)c1C(F)F. The summed E-state index contributed by atoms with van der Waals surface area (Å²) in [6.45, 7) is 4.51. The maximum atomic E-state index is 13.1. The predicted octanol–water partition coefficient (Wildman–Crippen LogP) is 1.88. The van der Waals surface area contributed by atoms with E-state index < -0.39 is 6.43 Å². The fourth-order valence-electron chi connectivity index (χ4n) is 1.70. The van der Waals surface area contributed by atoms with Crippen molar-refractivity contribution < 1.29 is 8.78 Å². The lowest BCUT2D eigenvalue weighted by Crippen LogP contribution is -2.21. The molecule has 0 fully saturated rings. The Kier molecular flexibility index (Phi) is 6.21. The molecular weight excluding hydrogens is 238 g/mol. The van der Waals surface area contributed by atoms with E-state index >= 15 is 0 Å². The van der Waals surface area contributed by atoms with E-state index in [1.54, 1.807) is 6.20 Å². The zero-order valence-electron chi connectivity index (χ0n) is 11.3. The average molecular weight is 260 g/mol. The molecular formula is C12H22F2N4. The first kappa shape index (κ1) is 15.0. The standard InChI is InChI=1S/C12H22F2N4/c1-4-5-15-8-10-9-16-18(7-6-17(2)3)11(10)12(13)14/h9,12,15H,4-8H2,1-3H3. The minimum atomic E-state index is -2.48. The van der Waals surface area contributed by atoms with Crippen LogP contribution in [0.25, 0.3) is 0 Å². The van der Waals surface area contributed by atoms with E-state index in [0.29, 0.717) is 25.2 Å². The van der Waals surface area contributed by atoms with Gasteiger partial charge >= 0.3 is 0 Å². The Labute approximate surface area is 107 Å². The van der Waals surface area contributed by atoms with E-state index in [1.165, 1.54) is 4.68 Å². The lowest BCUT2D eigenvalue weighted by molar-refractivity contribution is 0.136. The van der Waals surface area contributed by atoms with Gasteiger partial charge in [0.05, 0.1) is 12.7 Å². The van der Waals surface area contributed by atoms with Crippen molar-refractivity contribution in [3.8, 4) is 0 Å². The Bertz CT molecular complexity index is 350. The van der Waals surface area contributed by atoms with Gasteiger partial charge in [-0.25, -0.2) is 8.78 Å². The maximum absolute atomic E-state index is 13.1. The molecule has 0 aliphatic carbocycles. The fraction of sp³-hybridized carbons (Fsp3) is 0.750. The number of hydrogen-bond donors (Lipinski definition) is 1. The van der Waals surface area contributed by atoms with Crippen LogP contribution in [0.15, 0.2) is 6.20 Å². The van der Waals surface area contributed by atoms with Crippen LogP contribution in [0.5, 0.6) is 0 Å². The second-order valence-electron chi connectivity index (χ2n) is 4.56. The van der Waals surface area contributed by atoms with Crippen molar-refractivity contribution in [2.75, 3.05) is 27.2 Å². The van der Waals surface area contributed by atoms with E-state index in [4.69, 9.17) is 0 Å². The molecule has 0 amide bonds. The number of hydrogen-bond acceptors (Lipinski definition) is 3. The molecule has 104 valence electrons. The fourth-order valence-corrected chi connectivity index (χ4v) is 1.70. The zero-order valence-corrected chi connectivity index (χ0v) is 11.3. The maximum Gasteiger partial charge on any atom is 0.280 e. The van der Waals surface area contributed by atoms with Gasteiger partial charge in [0.1, 0.15) is 5.69 Å². The first-order valence-corrected chi connectivity index (χ1v) is 6.24. The molecule has 1 rings (SSSR count). The predicted molar refractivity (Wildman–Crippen MR) is 67.7 cm³/mol. The highest BCUT2D eigenvalue weighted by Crippen LogP contribution is 2.22. The molecule has 0 saturated carbocycles. The van der Waals surface area contributed by atoms with Crippen molar-refractivity contribution in [3.05, 3.63) is 17.5 Å². The van der Waals surface area contributed by atoms with Crippen LogP contribution >= 0.6 is 0 Å². The van der Waals surface area contributed by atoms with Crippen LogP contribution in [-0.2, 0) is 13.1 Å². The summed E-state index contributed by atoms with van der Waals surface area (Å²) in [5, 5.41) is 7.19. The third-order valence-corrected chi connectivity index (χ3v) is 2.67. The Balaban J connectivity index is 2.72. The van der Waals surface area contributed by atoms with Crippen molar-refractivity contribution in [1.29, 1.82) is 0 Å². The molecule has 0 saturated heterocycles. The van der Waals surface area contributed by atoms with Crippen LogP contribution in [0.3, 0.4) is 0 Å². The molecule has 1 N–H and O–H groups in total. The first-order valence-electron chi connectivity index (χ1n) is 6.24. The summed E-state index contributed by atoms with van der Waals surface area (Å²) in [6.07, 6.45) is 0.0478. The number of alkyl halides is 2. The molecule has 0 spiro atoms. The molecule has 1 aromatic rings. The number of nitrogens with one attached hydrogen (secondary N) is 1. The van der Waals surface area contributed by atoms with Gasteiger partial charge in [-0.15, -0.1) is 0 Å². The summed E-state index contributed by atoms with van der Waals surface area (Å²) >= 11 is 0. The number of aromatic nitrogens is 2. The summed E-state index contributed by atoms with van der Waals surface area (Å²) in [4.78, 5) is 1.95. The number of likely N-dealkylation sites (N-methyl/N-ethyl adjacent to an activating group) is 1. The summed E-state index contributed by atoms with van der Waals surface area (Å²) in [5.74, 6) is 0. The van der Waals surface area contributed by atoms with Gasteiger partial charge in [-0.05, 0) is 27.1 Å². The van der Waals surface area contributed by atoms with Crippen molar-refractivity contribution in [3.63, 3.8) is 0 Å². The topological polar surface area (TPSA) is 33.1 Å². The first-order chi connectivity index (χ1) is 8.56. The lowest BCUT2D eigenvalue weighted by atomic mass is 10.2. The molecule has 0 aromatic carbocycles. The third-order valence-electron chi connectivity index (χ3n) is 2.67. The van der Waals surface area contributed by atoms with E-state index in [-0.39, 0.29) is 5.69 Å². The number of halogens is 2. The Morgan fingerprint density at radius 1 is 1.44 bits per heavy atom. The molecule has 6 heteroatoms. The molecule has 0 atom stereocenters. The minimum absolute atomic E-state index is 0.0421. The average Bonchev–Trinajstić information content (AvgIpc) is 2.70. The second kappa shape index (κ2) is 7.43. The largest absolute Gasteiger partial charge is 0.313 e. The molecule has 4 nitrogen and oxygen atoms in total. The Morgan fingerprint density at radius 2 is 2.17 bits per heavy atom. The van der Waals surface area contributed by atoms with Crippen molar-refractivity contribution in [1.82, 2.24) is 20.0 Å². The molecule has 1 heterocycles. The van der Waals surface area contributed by atoms with E-state index in [2.05, 4.69) is 10.4 Å². The molecule has 0 aliphatic rings. The van der Waals surface area contributed by atoms with Crippen LogP contribution in [-0.4, -0.2) is 41.9 Å². The summed E-state index contributed by atoms with van der Waals surface area (Å²) in [5.41, 5.74) is 0.637. The van der Waals surface area contributed by atoms with Gasteiger partial charge < -0.3 is 10.2 Å². The summed E-state index contributed by atoms with van der Waals surface area (Å²) in [6, 6.07) is 0. The quantitative estimate of drug-likeness (QED) is 0.725. The van der Waals surface area contributed by atoms with Gasteiger partial charge in [0.15, 0.2) is 0 Å². The lowest BCUT2D eigenvalue weighted by Gasteiger charge is -2.12. The highest BCUT2D eigenvalue weighted by molar-refractivity contribution is 5.19. The van der Waals surface area contributed by atoms with E-state index in [1.807, 2.05) is 25.9 Å². The Morgan fingerprint density at radius 3 is 2.72 bits per heavy atom. The minimum Gasteiger partial charge on any atom is -0.313 e. The molecule has 1 aromatic heterocycles. The van der Waals surface area contributed by atoms with Crippen LogP contribution in [0.4, 0.5) is 8.78 Å². The van der Waals surface area contributed by atoms with Crippen molar-refractivity contribution >= 4 is 0 Å². The zero-order chi connectivity index (χ0) is 13.5. The van der Waals surface area contributed by atoms with Crippen LogP contribution in [0, 0.1) is 0 Å². The van der Waals surface area contributed by atoms with Gasteiger partial charge in [-0.3, -0.25) is 4.68 Å². The van der Waals surface area contributed by atoms with E-state index in [0.717, 1.165) is 13.0 Å². The third kappa shape index (κ3) is 4.34. The van der Waals surface area contributed by atoms with E-state index in [9.17, 15) is 8.78 Å². The Hall–Kier alpha value is -1.01. The highest BCUT2D eigenvalue weighted by atomic mass is 19.3. The van der Waals surface area contributed by atoms with Gasteiger partial charge in [-0.2, -0.15) is 5.10 Å². The number of nitrogens with zero attached hydrogens (tertiary/aromatic N) is 3. The smallest absolute Gasteiger partial charge is 0.280 e. The molecule has 18 heavy (non-hydrogen) atoms. The van der Waals surface area contributed by atoms with Gasteiger partial charge in [0.2, 0.25) is 0 Å². The van der Waals surface area contributed by atoms with Crippen molar-refractivity contribution in [2.24, 2.45) is 0 Å². The molecule has 0 radical (unpaired) electrons. The molecule has 0 aliphatic heterocycles.